The van der Waals surface area contributed by atoms with E-state index in [0.29, 0.717) is 11.3 Å². The molecule has 0 unspecified atom stereocenters. The lowest BCUT2D eigenvalue weighted by atomic mass is 10.1. The molecule has 4 aromatic rings. The fourth-order valence-corrected chi connectivity index (χ4v) is 2.95. The number of aromatic nitrogens is 3. The Hall–Kier alpha value is -3.61. The number of H-pyrrole nitrogens is 1. The average molecular weight is 364 g/mol. The molecule has 136 valence electrons. The summed E-state index contributed by atoms with van der Waals surface area (Å²) < 4.78 is 20.3. The lowest BCUT2D eigenvalue weighted by Gasteiger charge is -2.07. The highest BCUT2D eigenvalue weighted by Crippen LogP contribution is 2.21. The molecule has 3 aromatic heterocycles. The van der Waals surface area contributed by atoms with Gasteiger partial charge in [0.15, 0.2) is 0 Å². The number of hydrogen-bond donors (Lipinski definition) is 2. The van der Waals surface area contributed by atoms with E-state index in [1.165, 1.54) is 19.2 Å². The van der Waals surface area contributed by atoms with Crippen molar-refractivity contribution in [1.82, 2.24) is 19.7 Å². The van der Waals surface area contributed by atoms with Gasteiger partial charge < -0.3 is 15.0 Å². The zero-order valence-electron chi connectivity index (χ0n) is 14.6. The minimum absolute atomic E-state index is 0.170. The Morgan fingerprint density at radius 1 is 1.26 bits per heavy atom. The third-order valence-electron chi connectivity index (χ3n) is 4.29. The molecule has 1 amide bonds. The summed E-state index contributed by atoms with van der Waals surface area (Å²) in [5.74, 6) is -0.0773. The van der Waals surface area contributed by atoms with E-state index in [0.717, 1.165) is 16.6 Å². The number of halogens is 1. The number of rotatable bonds is 5. The van der Waals surface area contributed by atoms with Gasteiger partial charge in [-0.15, -0.1) is 0 Å². The van der Waals surface area contributed by atoms with Crippen molar-refractivity contribution < 1.29 is 13.9 Å². The summed E-state index contributed by atoms with van der Waals surface area (Å²) in [4.78, 5) is 19.8. The number of fused-ring (bicyclic) bond motifs is 1. The van der Waals surface area contributed by atoms with Gasteiger partial charge in [-0.3, -0.25) is 9.20 Å². The van der Waals surface area contributed by atoms with Gasteiger partial charge in [-0.1, -0.05) is 0 Å². The largest absolute Gasteiger partial charge is 0.497 e. The van der Waals surface area contributed by atoms with Crippen molar-refractivity contribution >= 4 is 11.4 Å². The third kappa shape index (κ3) is 3.39. The molecule has 0 aliphatic heterocycles. The molecule has 7 heteroatoms. The summed E-state index contributed by atoms with van der Waals surface area (Å²) in [6.45, 7) is 0.170. The van der Waals surface area contributed by atoms with Crippen LogP contribution in [0.4, 0.5) is 4.39 Å². The third-order valence-corrected chi connectivity index (χ3v) is 4.29. The molecule has 0 atom stereocenters. The minimum atomic E-state index is -0.415. The molecule has 2 N–H and O–H groups in total. The Morgan fingerprint density at radius 3 is 2.93 bits per heavy atom. The normalized spacial score (nSPS) is 10.9. The van der Waals surface area contributed by atoms with Crippen LogP contribution in [0.5, 0.6) is 5.75 Å². The van der Waals surface area contributed by atoms with Crippen molar-refractivity contribution in [3.63, 3.8) is 0 Å². The quantitative estimate of drug-likeness (QED) is 0.570. The van der Waals surface area contributed by atoms with Crippen molar-refractivity contribution in [2.24, 2.45) is 0 Å². The van der Waals surface area contributed by atoms with Crippen molar-refractivity contribution in [2.45, 2.75) is 6.54 Å². The molecule has 0 radical (unpaired) electrons. The Labute approximate surface area is 154 Å². The fourth-order valence-electron chi connectivity index (χ4n) is 2.95. The van der Waals surface area contributed by atoms with Crippen molar-refractivity contribution in [2.75, 3.05) is 7.11 Å². The number of carbonyl (C=O) groups excluding carboxylic acids is 1. The number of pyridine rings is 1. The highest BCUT2D eigenvalue weighted by molar-refractivity contribution is 5.92. The highest BCUT2D eigenvalue weighted by Gasteiger charge is 2.13. The van der Waals surface area contributed by atoms with E-state index >= 15 is 0 Å². The second kappa shape index (κ2) is 6.95. The molecule has 4 rings (SSSR count). The summed E-state index contributed by atoms with van der Waals surface area (Å²) in [5.41, 5.74) is 3.51. The Balaban J connectivity index is 1.54. The van der Waals surface area contributed by atoms with Crippen LogP contribution in [0.3, 0.4) is 0 Å². The van der Waals surface area contributed by atoms with E-state index in [-0.39, 0.29) is 18.3 Å². The van der Waals surface area contributed by atoms with Crippen LogP contribution in [0.25, 0.3) is 16.6 Å². The molecule has 0 bridgehead atoms. The first-order valence-corrected chi connectivity index (χ1v) is 8.36. The van der Waals surface area contributed by atoms with Gasteiger partial charge in [-0.2, -0.15) is 0 Å². The molecule has 0 aliphatic carbocycles. The van der Waals surface area contributed by atoms with Crippen LogP contribution in [-0.4, -0.2) is 27.4 Å². The molecular formula is C20H17FN4O2. The Bertz CT molecular complexity index is 1100. The predicted octanol–water partition coefficient (Wildman–Crippen LogP) is 3.41. The molecule has 6 nitrogen and oxygen atoms in total. The lowest BCUT2D eigenvalue weighted by Crippen LogP contribution is -2.25. The first-order chi connectivity index (χ1) is 13.1. The fraction of sp³-hybridized carbons (Fsp3) is 0.100. The van der Waals surface area contributed by atoms with Gasteiger partial charge in [0.2, 0.25) is 5.82 Å². The molecule has 1 aromatic carbocycles. The van der Waals surface area contributed by atoms with Crippen LogP contribution in [0.15, 0.2) is 61.2 Å². The maximum atomic E-state index is 13.6. The van der Waals surface area contributed by atoms with Crippen molar-refractivity contribution in [1.29, 1.82) is 0 Å². The number of nitrogens with zero attached hydrogens (tertiary/aromatic N) is 2. The van der Waals surface area contributed by atoms with E-state index in [9.17, 15) is 9.18 Å². The van der Waals surface area contributed by atoms with Gasteiger partial charge in [0.25, 0.3) is 5.91 Å². The molecule has 0 spiro atoms. The molecule has 27 heavy (non-hydrogen) atoms. The number of carbonyl (C=O) groups is 1. The van der Waals surface area contributed by atoms with Gasteiger partial charge in [0.05, 0.1) is 18.8 Å². The number of amides is 1. The van der Waals surface area contributed by atoms with Gasteiger partial charge >= 0.3 is 0 Å². The van der Waals surface area contributed by atoms with Crippen LogP contribution >= 0.6 is 0 Å². The number of hydrogen-bond acceptors (Lipinski definition) is 3. The summed E-state index contributed by atoms with van der Waals surface area (Å²) in [6, 6.07) is 10.2. The maximum Gasteiger partial charge on any atom is 0.287 e. The predicted molar refractivity (Wildman–Crippen MR) is 99.1 cm³/mol. The van der Waals surface area contributed by atoms with E-state index in [1.54, 1.807) is 16.7 Å². The average Bonchev–Trinajstić information content (AvgIpc) is 3.34. The van der Waals surface area contributed by atoms with Crippen molar-refractivity contribution in [3.8, 4) is 16.9 Å². The zero-order valence-corrected chi connectivity index (χ0v) is 14.6. The molecule has 3 heterocycles. The highest BCUT2D eigenvalue weighted by atomic mass is 19.1. The minimum Gasteiger partial charge on any atom is -0.497 e. The Morgan fingerprint density at radius 2 is 2.15 bits per heavy atom. The zero-order chi connectivity index (χ0) is 18.8. The van der Waals surface area contributed by atoms with Crippen LogP contribution < -0.4 is 10.1 Å². The lowest BCUT2D eigenvalue weighted by molar-refractivity contribution is 0.0940. The molecule has 0 saturated carbocycles. The maximum absolute atomic E-state index is 13.6. The molecule has 0 aliphatic rings. The number of methoxy groups -OCH3 is 1. The van der Waals surface area contributed by atoms with Gasteiger partial charge in [0.1, 0.15) is 11.6 Å². The van der Waals surface area contributed by atoms with E-state index in [4.69, 9.17) is 4.74 Å². The summed E-state index contributed by atoms with van der Waals surface area (Å²) in [6.07, 6.45) is 7.22. The van der Waals surface area contributed by atoms with E-state index in [2.05, 4.69) is 15.3 Å². The van der Waals surface area contributed by atoms with E-state index in [1.807, 2.05) is 36.8 Å². The Kier molecular flexibility index (Phi) is 4.33. The van der Waals surface area contributed by atoms with Gasteiger partial charge in [-0.05, 0) is 47.0 Å². The van der Waals surface area contributed by atoms with Crippen LogP contribution in [-0.2, 0) is 6.54 Å². The summed E-state index contributed by atoms with van der Waals surface area (Å²) >= 11 is 0. The van der Waals surface area contributed by atoms with Crippen LogP contribution in [0, 0.1) is 5.82 Å². The second-order valence-corrected chi connectivity index (χ2v) is 6.07. The molecule has 0 saturated heterocycles. The van der Waals surface area contributed by atoms with E-state index < -0.39 is 5.82 Å². The van der Waals surface area contributed by atoms with Crippen LogP contribution in [0.1, 0.15) is 16.2 Å². The SMILES string of the molecule is COc1cc(F)cc(CNC(=O)c2ncc3cc(-c4cc[nH]c4)ccn23)c1. The number of imidazole rings is 1. The number of benzene rings is 1. The second-order valence-electron chi connectivity index (χ2n) is 6.07. The number of nitrogens with one attached hydrogen (secondary N) is 2. The van der Waals surface area contributed by atoms with Crippen LogP contribution in [0.2, 0.25) is 0 Å². The van der Waals surface area contributed by atoms with Gasteiger partial charge in [0, 0.05) is 31.2 Å². The molecule has 0 fully saturated rings. The summed E-state index contributed by atoms with van der Waals surface area (Å²) in [7, 11) is 1.47. The monoisotopic (exact) mass is 364 g/mol. The summed E-state index contributed by atoms with van der Waals surface area (Å²) in [5, 5.41) is 2.76. The van der Waals surface area contributed by atoms with Gasteiger partial charge in [-0.25, -0.2) is 9.37 Å². The molecular weight excluding hydrogens is 347 g/mol. The standard InChI is InChI=1S/C20H17FN4O2/c1-27-18-7-13(6-16(21)9-18)10-24-20(26)19-23-12-17-8-14(3-5-25(17)19)15-2-4-22-11-15/h2-9,11-12,22H,10H2,1H3,(H,24,26). The first-order valence-electron chi connectivity index (χ1n) is 8.36. The number of ether oxygens (including phenoxy) is 1. The van der Waals surface area contributed by atoms with Crippen molar-refractivity contribution in [3.05, 3.63) is 78.4 Å². The number of aromatic amines is 1. The first kappa shape index (κ1) is 16.8. The topological polar surface area (TPSA) is 71.4 Å². The smallest absolute Gasteiger partial charge is 0.287 e.